The number of H-pyrrole nitrogens is 1. The zero-order chi connectivity index (χ0) is 12.4. The molecule has 0 atom stereocenters. The maximum Gasteiger partial charge on any atom is 0.320 e. The van der Waals surface area contributed by atoms with Crippen molar-refractivity contribution in [2.24, 2.45) is 0 Å². The molecule has 0 aromatic carbocycles. The van der Waals surface area contributed by atoms with Crippen LogP contribution in [0, 0.1) is 0 Å². The smallest absolute Gasteiger partial charge is 0.320 e. The normalized spacial score (nSPS) is 10.7. The first-order chi connectivity index (χ1) is 8.83. The molecule has 0 aliphatic rings. The summed E-state index contributed by atoms with van der Waals surface area (Å²) in [5.41, 5.74) is 7.31. The van der Waals surface area contributed by atoms with Gasteiger partial charge in [-0.3, -0.25) is 10.1 Å². The Labute approximate surface area is 102 Å². The van der Waals surface area contributed by atoms with E-state index in [1.807, 2.05) is 12.1 Å². The van der Waals surface area contributed by atoms with Crippen LogP contribution in [0.3, 0.4) is 0 Å². The minimum absolute atomic E-state index is 0.223. The van der Waals surface area contributed by atoms with Crippen LogP contribution >= 0.6 is 0 Å². The van der Waals surface area contributed by atoms with Crippen molar-refractivity contribution in [3.8, 4) is 6.01 Å². The van der Waals surface area contributed by atoms with Gasteiger partial charge in [0, 0.05) is 12.4 Å². The topological polar surface area (TPSA) is 103 Å². The van der Waals surface area contributed by atoms with E-state index in [2.05, 4.69) is 25.1 Å². The molecule has 0 aliphatic carbocycles. The van der Waals surface area contributed by atoms with Crippen molar-refractivity contribution < 1.29 is 4.74 Å². The van der Waals surface area contributed by atoms with Gasteiger partial charge in [-0.05, 0) is 17.7 Å². The van der Waals surface area contributed by atoms with Crippen LogP contribution < -0.4 is 10.5 Å². The average Bonchev–Trinajstić information content (AvgIpc) is 2.86. The number of ether oxygens (including phenoxy) is 1. The molecule has 0 bridgehead atoms. The number of nitrogens with two attached hydrogens (primary N) is 1. The fourth-order valence-electron chi connectivity index (χ4n) is 1.53. The number of hydrogen-bond donors (Lipinski definition) is 2. The molecule has 0 saturated carbocycles. The van der Waals surface area contributed by atoms with Gasteiger partial charge in [-0.2, -0.15) is 15.1 Å². The number of aromatic amines is 1. The molecule has 3 heterocycles. The minimum Gasteiger partial charge on any atom is -0.458 e. The zero-order valence-corrected chi connectivity index (χ0v) is 9.37. The summed E-state index contributed by atoms with van der Waals surface area (Å²) >= 11 is 0. The van der Waals surface area contributed by atoms with Crippen LogP contribution in [0.1, 0.15) is 5.56 Å². The lowest BCUT2D eigenvalue weighted by Crippen LogP contribution is -2.02. The molecule has 7 nitrogen and oxygen atoms in total. The van der Waals surface area contributed by atoms with E-state index in [9.17, 15) is 0 Å². The lowest BCUT2D eigenvalue weighted by atomic mass is 10.3. The van der Waals surface area contributed by atoms with Crippen LogP contribution in [0.25, 0.3) is 11.0 Å². The number of fused-ring (bicyclic) bond motifs is 1. The second-order valence-corrected chi connectivity index (χ2v) is 3.67. The first-order valence-electron chi connectivity index (χ1n) is 5.31. The molecule has 3 rings (SSSR count). The Bertz CT molecular complexity index is 666. The Morgan fingerprint density at radius 2 is 2.06 bits per heavy atom. The molecule has 0 amide bonds. The van der Waals surface area contributed by atoms with Gasteiger partial charge in [0.05, 0.1) is 11.6 Å². The summed E-state index contributed by atoms with van der Waals surface area (Å²) in [6, 6.07) is 3.94. The average molecular weight is 242 g/mol. The highest BCUT2D eigenvalue weighted by atomic mass is 16.5. The van der Waals surface area contributed by atoms with Crippen molar-refractivity contribution in [3.63, 3.8) is 0 Å². The van der Waals surface area contributed by atoms with E-state index in [1.165, 1.54) is 0 Å². The fourth-order valence-corrected chi connectivity index (χ4v) is 1.53. The third-order valence-electron chi connectivity index (χ3n) is 2.44. The Morgan fingerprint density at radius 1 is 1.22 bits per heavy atom. The maximum absolute atomic E-state index is 5.77. The molecule has 18 heavy (non-hydrogen) atoms. The molecule has 90 valence electrons. The standard InChI is InChI=1S/C11H10N6O/c12-9-8-5-14-17-10(8)16-11(15-9)18-6-7-1-3-13-4-2-7/h1-5H,6H2,(H3,12,14,15,16,17). The van der Waals surface area contributed by atoms with Gasteiger partial charge in [0.25, 0.3) is 0 Å². The number of rotatable bonds is 3. The number of hydrogen-bond acceptors (Lipinski definition) is 6. The van der Waals surface area contributed by atoms with Crippen molar-refractivity contribution in [1.29, 1.82) is 0 Å². The Kier molecular flexibility index (Phi) is 2.49. The number of aromatic nitrogens is 5. The Hall–Kier alpha value is -2.70. The van der Waals surface area contributed by atoms with E-state index in [-0.39, 0.29) is 6.01 Å². The Morgan fingerprint density at radius 3 is 2.89 bits per heavy atom. The van der Waals surface area contributed by atoms with Crippen LogP contribution in [0.2, 0.25) is 0 Å². The summed E-state index contributed by atoms with van der Waals surface area (Å²) in [5.74, 6) is 0.346. The Balaban J connectivity index is 1.82. The molecular weight excluding hydrogens is 232 g/mol. The molecule has 3 N–H and O–H groups in total. The van der Waals surface area contributed by atoms with Gasteiger partial charge in [-0.15, -0.1) is 0 Å². The SMILES string of the molecule is Nc1nc(OCc2ccncc2)nc2[nH]ncc12. The van der Waals surface area contributed by atoms with E-state index in [4.69, 9.17) is 10.5 Å². The highest BCUT2D eigenvalue weighted by molar-refractivity contribution is 5.84. The van der Waals surface area contributed by atoms with Crippen LogP contribution in [-0.2, 0) is 6.61 Å². The van der Waals surface area contributed by atoms with Crippen LogP contribution in [-0.4, -0.2) is 25.1 Å². The number of anilines is 1. The van der Waals surface area contributed by atoms with Crippen molar-refractivity contribution >= 4 is 16.9 Å². The van der Waals surface area contributed by atoms with Gasteiger partial charge in [0.2, 0.25) is 0 Å². The predicted molar refractivity (Wildman–Crippen MR) is 64.7 cm³/mol. The van der Waals surface area contributed by atoms with Gasteiger partial charge in [-0.1, -0.05) is 0 Å². The van der Waals surface area contributed by atoms with E-state index in [0.29, 0.717) is 23.5 Å². The zero-order valence-electron chi connectivity index (χ0n) is 9.37. The first-order valence-corrected chi connectivity index (χ1v) is 5.31. The fraction of sp³-hybridized carbons (Fsp3) is 0.0909. The van der Waals surface area contributed by atoms with Crippen LogP contribution in [0.4, 0.5) is 5.82 Å². The summed E-state index contributed by atoms with van der Waals surface area (Å²) in [5, 5.41) is 7.26. The van der Waals surface area contributed by atoms with E-state index < -0.39 is 0 Å². The van der Waals surface area contributed by atoms with Crippen LogP contribution in [0.5, 0.6) is 6.01 Å². The molecule has 7 heteroatoms. The lowest BCUT2D eigenvalue weighted by Gasteiger charge is -2.04. The quantitative estimate of drug-likeness (QED) is 0.707. The van der Waals surface area contributed by atoms with E-state index in [0.717, 1.165) is 5.56 Å². The third-order valence-corrected chi connectivity index (χ3v) is 2.44. The van der Waals surface area contributed by atoms with Crippen LogP contribution in [0.15, 0.2) is 30.7 Å². The molecule has 0 fully saturated rings. The van der Waals surface area contributed by atoms with Crippen molar-refractivity contribution in [3.05, 3.63) is 36.3 Å². The maximum atomic E-state index is 5.77. The summed E-state index contributed by atoms with van der Waals surface area (Å²) in [4.78, 5) is 12.1. The monoisotopic (exact) mass is 242 g/mol. The highest BCUT2D eigenvalue weighted by Gasteiger charge is 2.07. The summed E-state index contributed by atoms with van der Waals surface area (Å²) in [6.07, 6.45) is 4.98. The van der Waals surface area contributed by atoms with E-state index in [1.54, 1.807) is 18.6 Å². The molecule has 0 saturated heterocycles. The number of pyridine rings is 1. The largest absolute Gasteiger partial charge is 0.458 e. The number of nitrogen functional groups attached to an aromatic ring is 1. The van der Waals surface area contributed by atoms with Gasteiger partial charge in [0.1, 0.15) is 12.4 Å². The van der Waals surface area contributed by atoms with E-state index >= 15 is 0 Å². The highest BCUT2D eigenvalue weighted by Crippen LogP contribution is 2.18. The van der Waals surface area contributed by atoms with Gasteiger partial charge < -0.3 is 10.5 Å². The van der Waals surface area contributed by atoms with Gasteiger partial charge >= 0.3 is 6.01 Å². The number of nitrogens with zero attached hydrogens (tertiary/aromatic N) is 4. The molecule has 0 radical (unpaired) electrons. The lowest BCUT2D eigenvalue weighted by molar-refractivity contribution is 0.282. The van der Waals surface area contributed by atoms with Gasteiger partial charge in [0.15, 0.2) is 5.65 Å². The predicted octanol–water partition coefficient (Wildman–Crippen LogP) is 0.909. The molecule has 0 aliphatic heterocycles. The number of nitrogens with one attached hydrogen (secondary N) is 1. The summed E-state index contributed by atoms with van der Waals surface area (Å²) in [6.45, 7) is 0.363. The second kappa shape index (κ2) is 4.28. The molecule has 0 unspecified atom stereocenters. The summed E-state index contributed by atoms with van der Waals surface area (Å²) in [7, 11) is 0. The minimum atomic E-state index is 0.223. The summed E-state index contributed by atoms with van der Waals surface area (Å²) < 4.78 is 5.47. The van der Waals surface area contributed by atoms with Crippen molar-refractivity contribution in [1.82, 2.24) is 25.1 Å². The molecule has 0 spiro atoms. The molecular formula is C11H10N6O. The molecule has 3 aromatic heterocycles. The molecule has 3 aromatic rings. The third kappa shape index (κ3) is 1.93. The first kappa shape index (κ1) is 10.5. The van der Waals surface area contributed by atoms with Crippen molar-refractivity contribution in [2.45, 2.75) is 6.61 Å². The second-order valence-electron chi connectivity index (χ2n) is 3.67. The van der Waals surface area contributed by atoms with Crippen molar-refractivity contribution in [2.75, 3.05) is 5.73 Å². The van der Waals surface area contributed by atoms with Gasteiger partial charge in [-0.25, -0.2) is 0 Å².